The maximum absolute atomic E-state index is 11.5. The molecule has 1 aromatic heterocycles. The van der Waals surface area contributed by atoms with Crippen molar-refractivity contribution in [1.29, 1.82) is 0 Å². The van der Waals surface area contributed by atoms with Crippen molar-refractivity contribution in [2.75, 3.05) is 37.0 Å². The molecule has 0 saturated carbocycles. The van der Waals surface area contributed by atoms with Gasteiger partial charge in [0.25, 0.3) is 0 Å². The van der Waals surface area contributed by atoms with Crippen molar-refractivity contribution in [3.05, 3.63) is 5.28 Å². The molecule has 0 bridgehead atoms. The molecule has 1 fully saturated rings. The number of rotatable bonds is 3. The molecule has 1 aliphatic heterocycles. The Kier molecular flexibility index (Phi) is 3.49. The van der Waals surface area contributed by atoms with Crippen LogP contribution in [-0.2, 0) is 4.79 Å². The Bertz CT molecular complexity index is 508. The Labute approximate surface area is 116 Å². The van der Waals surface area contributed by atoms with Crippen molar-refractivity contribution in [2.45, 2.75) is 13.3 Å². The van der Waals surface area contributed by atoms with Gasteiger partial charge in [0.1, 0.15) is 0 Å². The second-order valence-electron chi connectivity index (χ2n) is 5.20. The summed E-state index contributed by atoms with van der Waals surface area (Å²) in [5, 5.41) is 0.140. The van der Waals surface area contributed by atoms with Gasteiger partial charge in [-0.3, -0.25) is 4.79 Å². The fourth-order valence-corrected chi connectivity index (χ4v) is 2.15. The molecule has 1 saturated heterocycles. The monoisotopic (exact) mass is 284 g/mol. The summed E-state index contributed by atoms with van der Waals surface area (Å²) in [5.41, 5.74) is 4.88. The molecule has 2 rings (SSSR count). The summed E-state index contributed by atoms with van der Waals surface area (Å²) < 4.78 is 0. The highest BCUT2D eigenvalue weighted by molar-refractivity contribution is 6.28. The van der Waals surface area contributed by atoms with Crippen LogP contribution in [0, 0.1) is 5.41 Å². The van der Waals surface area contributed by atoms with Gasteiger partial charge in [-0.15, -0.1) is 0 Å². The first kappa shape index (κ1) is 13.8. The van der Waals surface area contributed by atoms with Gasteiger partial charge in [-0.2, -0.15) is 15.0 Å². The first-order chi connectivity index (χ1) is 8.82. The van der Waals surface area contributed by atoms with Gasteiger partial charge in [0.05, 0.1) is 5.41 Å². The third-order valence-corrected chi connectivity index (χ3v) is 3.50. The van der Waals surface area contributed by atoms with E-state index in [-0.39, 0.29) is 11.2 Å². The topological polar surface area (TPSA) is 88.2 Å². The second kappa shape index (κ2) is 4.80. The van der Waals surface area contributed by atoms with Crippen LogP contribution in [0.25, 0.3) is 0 Å². The van der Waals surface area contributed by atoms with Gasteiger partial charge >= 0.3 is 0 Å². The standard InChI is InChI=1S/C11H17ClN6O/c1-11(7(13)19)4-5-18(6-11)10-15-8(12)14-9(16-10)17(2)3/h4-6H2,1-3H3,(H2,13,19). The Balaban J connectivity index is 2.27. The Hall–Kier alpha value is -1.63. The van der Waals surface area contributed by atoms with Crippen LogP contribution in [0.2, 0.25) is 5.28 Å². The zero-order chi connectivity index (χ0) is 14.2. The molecular formula is C11H17ClN6O. The summed E-state index contributed by atoms with van der Waals surface area (Å²) in [7, 11) is 3.65. The zero-order valence-corrected chi connectivity index (χ0v) is 12.0. The van der Waals surface area contributed by atoms with E-state index in [2.05, 4.69) is 15.0 Å². The number of anilines is 2. The third-order valence-electron chi connectivity index (χ3n) is 3.34. The van der Waals surface area contributed by atoms with Gasteiger partial charge in [0.2, 0.25) is 23.1 Å². The molecule has 8 heteroatoms. The van der Waals surface area contributed by atoms with Gasteiger partial charge in [0.15, 0.2) is 0 Å². The number of halogens is 1. The molecule has 7 nitrogen and oxygen atoms in total. The molecule has 0 aliphatic carbocycles. The van der Waals surface area contributed by atoms with Gasteiger partial charge in [0, 0.05) is 27.2 Å². The highest BCUT2D eigenvalue weighted by atomic mass is 35.5. The summed E-state index contributed by atoms with van der Waals surface area (Å²) in [4.78, 5) is 27.6. The van der Waals surface area contributed by atoms with Gasteiger partial charge in [-0.05, 0) is 24.9 Å². The molecule has 1 amide bonds. The zero-order valence-electron chi connectivity index (χ0n) is 11.2. The van der Waals surface area contributed by atoms with E-state index >= 15 is 0 Å². The minimum Gasteiger partial charge on any atom is -0.369 e. The lowest BCUT2D eigenvalue weighted by Gasteiger charge is -2.21. The third kappa shape index (κ3) is 2.70. The molecule has 1 aliphatic rings. The number of carbonyl (C=O) groups is 1. The number of nitrogens with zero attached hydrogens (tertiary/aromatic N) is 5. The predicted molar refractivity (Wildman–Crippen MR) is 73.3 cm³/mol. The largest absolute Gasteiger partial charge is 0.369 e. The Morgan fingerprint density at radius 3 is 2.63 bits per heavy atom. The van der Waals surface area contributed by atoms with Crippen LogP contribution in [0.4, 0.5) is 11.9 Å². The number of carbonyl (C=O) groups excluding carboxylic acids is 1. The van der Waals surface area contributed by atoms with Gasteiger partial charge in [-0.25, -0.2) is 0 Å². The highest BCUT2D eigenvalue weighted by Gasteiger charge is 2.40. The van der Waals surface area contributed by atoms with Crippen molar-refractivity contribution in [2.24, 2.45) is 11.1 Å². The number of aromatic nitrogens is 3. The molecule has 0 radical (unpaired) electrons. The normalized spacial score (nSPS) is 22.6. The quantitative estimate of drug-likeness (QED) is 0.858. The molecule has 1 atom stereocenters. The van der Waals surface area contributed by atoms with E-state index in [1.807, 2.05) is 25.9 Å². The minimum atomic E-state index is -0.544. The van der Waals surface area contributed by atoms with Crippen LogP contribution in [0.15, 0.2) is 0 Å². The Morgan fingerprint density at radius 2 is 2.11 bits per heavy atom. The summed E-state index contributed by atoms with van der Waals surface area (Å²) in [5.74, 6) is 0.666. The van der Waals surface area contributed by atoms with E-state index in [9.17, 15) is 4.79 Å². The van der Waals surface area contributed by atoms with Crippen LogP contribution < -0.4 is 15.5 Å². The fraction of sp³-hybridized carbons (Fsp3) is 0.636. The van der Waals surface area contributed by atoms with E-state index in [1.54, 1.807) is 4.90 Å². The van der Waals surface area contributed by atoms with E-state index in [0.29, 0.717) is 31.4 Å². The molecule has 1 aromatic rings. The first-order valence-corrected chi connectivity index (χ1v) is 6.33. The van der Waals surface area contributed by atoms with E-state index < -0.39 is 5.41 Å². The van der Waals surface area contributed by atoms with Crippen LogP contribution in [0.3, 0.4) is 0 Å². The highest BCUT2D eigenvalue weighted by Crippen LogP contribution is 2.32. The number of primary amides is 1. The maximum Gasteiger partial charge on any atom is 0.231 e. The predicted octanol–water partition coefficient (Wildman–Crippen LogP) is 0.293. The van der Waals surface area contributed by atoms with Crippen molar-refractivity contribution in [3.8, 4) is 0 Å². The molecule has 2 heterocycles. The second-order valence-corrected chi connectivity index (χ2v) is 5.53. The smallest absolute Gasteiger partial charge is 0.231 e. The van der Waals surface area contributed by atoms with Crippen LogP contribution in [-0.4, -0.2) is 48.0 Å². The SMILES string of the molecule is CN(C)c1nc(Cl)nc(N2CCC(C)(C(N)=O)C2)n1. The molecular weight excluding hydrogens is 268 g/mol. The van der Waals surface area contributed by atoms with Crippen LogP contribution in [0.1, 0.15) is 13.3 Å². The minimum absolute atomic E-state index is 0.140. The molecule has 19 heavy (non-hydrogen) atoms. The number of amides is 1. The summed E-state index contributed by atoms with van der Waals surface area (Å²) in [6, 6.07) is 0. The average molecular weight is 285 g/mol. The van der Waals surface area contributed by atoms with E-state index in [0.717, 1.165) is 0 Å². The number of hydrogen-bond acceptors (Lipinski definition) is 6. The molecule has 104 valence electrons. The van der Waals surface area contributed by atoms with Crippen LogP contribution >= 0.6 is 11.6 Å². The van der Waals surface area contributed by atoms with E-state index in [4.69, 9.17) is 17.3 Å². The van der Waals surface area contributed by atoms with Crippen molar-refractivity contribution in [3.63, 3.8) is 0 Å². The lowest BCUT2D eigenvalue weighted by atomic mass is 9.89. The average Bonchev–Trinajstić information content (AvgIpc) is 2.72. The van der Waals surface area contributed by atoms with Crippen LogP contribution in [0.5, 0.6) is 0 Å². The Morgan fingerprint density at radius 1 is 1.42 bits per heavy atom. The van der Waals surface area contributed by atoms with Gasteiger partial charge < -0.3 is 15.5 Å². The molecule has 0 aromatic carbocycles. The summed E-state index contributed by atoms with van der Waals surface area (Å²) in [6.45, 7) is 3.02. The van der Waals surface area contributed by atoms with E-state index in [1.165, 1.54) is 0 Å². The van der Waals surface area contributed by atoms with Crippen molar-refractivity contribution < 1.29 is 4.79 Å². The molecule has 2 N–H and O–H groups in total. The molecule has 1 unspecified atom stereocenters. The van der Waals surface area contributed by atoms with Crippen molar-refractivity contribution in [1.82, 2.24) is 15.0 Å². The maximum atomic E-state index is 11.5. The fourth-order valence-electron chi connectivity index (χ4n) is 2.00. The number of nitrogens with two attached hydrogens (primary N) is 1. The first-order valence-electron chi connectivity index (χ1n) is 5.95. The lowest BCUT2D eigenvalue weighted by molar-refractivity contribution is -0.125. The lowest BCUT2D eigenvalue weighted by Crippen LogP contribution is -2.37. The summed E-state index contributed by atoms with van der Waals surface area (Å²) >= 11 is 5.90. The summed E-state index contributed by atoms with van der Waals surface area (Å²) in [6.07, 6.45) is 0.683. The van der Waals surface area contributed by atoms with Gasteiger partial charge in [-0.1, -0.05) is 0 Å². The number of hydrogen-bond donors (Lipinski definition) is 1. The molecule has 0 spiro atoms. The van der Waals surface area contributed by atoms with Crippen molar-refractivity contribution >= 4 is 29.4 Å².